The van der Waals surface area contributed by atoms with Gasteiger partial charge in [0, 0.05) is 35.5 Å². The number of hydrogen-bond acceptors (Lipinski definition) is 3. The fraction of sp³-hybridized carbons (Fsp3) is 0.471. The van der Waals surface area contributed by atoms with Crippen LogP contribution in [0.15, 0.2) is 18.2 Å². The summed E-state index contributed by atoms with van der Waals surface area (Å²) in [7, 11) is 0. The van der Waals surface area contributed by atoms with E-state index >= 15 is 0 Å². The maximum Gasteiger partial charge on any atom is 0.0727 e. The molecule has 0 fully saturated rings. The van der Waals surface area contributed by atoms with Crippen molar-refractivity contribution in [1.82, 2.24) is 4.98 Å². The Hall–Kier alpha value is -1.77. The van der Waals surface area contributed by atoms with Gasteiger partial charge in [-0.25, -0.2) is 0 Å². The molecular weight excluding hydrogens is 246 g/mol. The molecule has 2 rings (SSSR count). The van der Waals surface area contributed by atoms with Crippen LogP contribution in [0, 0.1) is 6.92 Å². The van der Waals surface area contributed by atoms with Gasteiger partial charge in [-0.2, -0.15) is 0 Å². The number of benzene rings is 1. The highest BCUT2D eigenvalue weighted by molar-refractivity contribution is 5.94. The van der Waals surface area contributed by atoms with Gasteiger partial charge in [-0.15, -0.1) is 0 Å². The van der Waals surface area contributed by atoms with Crippen molar-refractivity contribution in [1.29, 1.82) is 0 Å². The molecule has 0 atom stereocenters. The van der Waals surface area contributed by atoms with Crippen LogP contribution in [0.1, 0.15) is 44.9 Å². The average molecular weight is 271 g/mol. The summed E-state index contributed by atoms with van der Waals surface area (Å²) in [6.45, 7) is 12.7. The Labute approximate surface area is 121 Å². The highest BCUT2D eigenvalue weighted by Crippen LogP contribution is 2.33. The zero-order chi connectivity index (χ0) is 14.9. The van der Waals surface area contributed by atoms with Gasteiger partial charge in [0.25, 0.3) is 0 Å². The number of nitrogen functional groups attached to an aromatic ring is 1. The first-order valence-corrected chi connectivity index (χ1v) is 7.44. The third-order valence-corrected chi connectivity index (χ3v) is 3.94. The molecule has 20 heavy (non-hydrogen) atoms. The molecule has 108 valence electrons. The van der Waals surface area contributed by atoms with E-state index in [-0.39, 0.29) is 0 Å². The van der Waals surface area contributed by atoms with Crippen LogP contribution < -0.4 is 10.6 Å². The first-order chi connectivity index (χ1) is 9.49. The van der Waals surface area contributed by atoms with E-state index < -0.39 is 0 Å². The highest BCUT2D eigenvalue weighted by atomic mass is 15.1. The van der Waals surface area contributed by atoms with Gasteiger partial charge in [0.2, 0.25) is 0 Å². The number of aromatic nitrogens is 1. The molecule has 0 saturated carbocycles. The van der Waals surface area contributed by atoms with Crippen molar-refractivity contribution in [2.24, 2.45) is 0 Å². The second-order valence-electron chi connectivity index (χ2n) is 5.55. The molecule has 0 aliphatic heterocycles. The molecule has 1 aromatic carbocycles. The molecule has 0 unspecified atom stereocenters. The lowest BCUT2D eigenvalue weighted by Gasteiger charge is -2.22. The minimum absolute atomic E-state index is 0.393. The molecule has 2 aromatic rings. The van der Waals surface area contributed by atoms with E-state index in [0.717, 1.165) is 35.4 Å². The first-order valence-electron chi connectivity index (χ1n) is 7.44. The maximum atomic E-state index is 6.41. The number of nitrogens with zero attached hydrogens (tertiary/aromatic N) is 2. The summed E-state index contributed by atoms with van der Waals surface area (Å²) in [5, 5.41) is 1.07. The Morgan fingerprint density at radius 1 is 1.20 bits per heavy atom. The lowest BCUT2D eigenvalue weighted by molar-refractivity contribution is 0.850. The van der Waals surface area contributed by atoms with Crippen LogP contribution in [0.25, 0.3) is 10.9 Å². The summed E-state index contributed by atoms with van der Waals surface area (Å²) in [5.41, 5.74) is 11.7. The average Bonchev–Trinajstić information content (AvgIpc) is 2.40. The van der Waals surface area contributed by atoms with Crippen LogP contribution in [0.4, 0.5) is 11.4 Å². The first kappa shape index (κ1) is 14.6. The molecule has 1 aromatic heterocycles. The number of nitrogens with two attached hydrogens (primary N) is 1. The monoisotopic (exact) mass is 271 g/mol. The molecule has 3 heteroatoms. The van der Waals surface area contributed by atoms with Crippen molar-refractivity contribution < 1.29 is 0 Å². The minimum Gasteiger partial charge on any atom is -0.398 e. The van der Waals surface area contributed by atoms with Crippen molar-refractivity contribution >= 4 is 22.3 Å². The van der Waals surface area contributed by atoms with Crippen LogP contribution in [0.3, 0.4) is 0 Å². The van der Waals surface area contributed by atoms with Crippen molar-refractivity contribution in [3.8, 4) is 0 Å². The molecule has 0 aliphatic carbocycles. The van der Waals surface area contributed by atoms with E-state index in [1.807, 2.05) is 6.92 Å². The fourth-order valence-electron chi connectivity index (χ4n) is 2.93. The van der Waals surface area contributed by atoms with Crippen molar-refractivity contribution in [2.75, 3.05) is 23.7 Å². The van der Waals surface area contributed by atoms with E-state index in [2.05, 4.69) is 50.8 Å². The zero-order valence-electron chi connectivity index (χ0n) is 13.2. The number of rotatable bonds is 4. The van der Waals surface area contributed by atoms with Gasteiger partial charge in [-0.1, -0.05) is 13.8 Å². The number of anilines is 2. The third kappa shape index (κ3) is 2.45. The minimum atomic E-state index is 0.393. The number of pyridine rings is 1. The van der Waals surface area contributed by atoms with Crippen LogP contribution in [0.5, 0.6) is 0 Å². The summed E-state index contributed by atoms with van der Waals surface area (Å²) < 4.78 is 0. The lowest BCUT2D eigenvalue weighted by Crippen LogP contribution is -2.21. The van der Waals surface area contributed by atoms with Gasteiger partial charge in [0.05, 0.1) is 5.52 Å². The molecule has 0 radical (unpaired) electrons. The SMILES string of the molecule is CCN(CC)c1ccc2nc(C)c(C(C)C)c(N)c2c1. The summed E-state index contributed by atoms with van der Waals surface area (Å²) in [6, 6.07) is 6.39. The van der Waals surface area contributed by atoms with Crippen LogP contribution >= 0.6 is 0 Å². The fourth-order valence-corrected chi connectivity index (χ4v) is 2.93. The van der Waals surface area contributed by atoms with Crippen LogP contribution in [0.2, 0.25) is 0 Å². The number of hydrogen-bond donors (Lipinski definition) is 1. The van der Waals surface area contributed by atoms with Gasteiger partial charge in [-0.05, 0) is 50.5 Å². The van der Waals surface area contributed by atoms with Gasteiger partial charge < -0.3 is 10.6 Å². The standard InChI is InChI=1S/C17H25N3/c1-6-20(7-2)13-8-9-15-14(10-13)17(18)16(11(3)4)12(5)19-15/h8-11H,6-7H2,1-5H3,(H2,18,19). The lowest BCUT2D eigenvalue weighted by atomic mass is 9.97. The van der Waals surface area contributed by atoms with Crippen LogP contribution in [-0.2, 0) is 0 Å². The Morgan fingerprint density at radius 3 is 2.40 bits per heavy atom. The summed E-state index contributed by atoms with van der Waals surface area (Å²) >= 11 is 0. The van der Waals surface area contributed by atoms with Crippen molar-refractivity contribution in [3.63, 3.8) is 0 Å². The molecule has 0 bridgehead atoms. The third-order valence-electron chi connectivity index (χ3n) is 3.94. The van der Waals surface area contributed by atoms with Gasteiger partial charge in [0.15, 0.2) is 0 Å². The van der Waals surface area contributed by atoms with Crippen molar-refractivity contribution in [3.05, 3.63) is 29.5 Å². The van der Waals surface area contributed by atoms with E-state index in [4.69, 9.17) is 10.7 Å². The van der Waals surface area contributed by atoms with Crippen molar-refractivity contribution in [2.45, 2.75) is 40.5 Å². The quantitative estimate of drug-likeness (QED) is 0.910. The normalized spacial score (nSPS) is 11.3. The maximum absolute atomic E-state index is 6.41. The second-order valence-corrected chi connectivity index (χ2v) is 5.55. The molecule has 3 nitrogen and oxygen atoms in total. The number of aryl methyl sites for hydroxylation is 1. The summed E-state index contributed by atoms with van der Waals surface area (Å²) in [5.74, 6) is 0.393. The smallest absolute Gasteiger partial charge is 0.0727 e. The Balaban J connectivity index is 2.67. The molecule has 2 N–H and O–H groups in total. The molecule has 0 amide bonds. The summed E-state index contributed by atoms with van der Waals surface area (Å²) in [6.07, 6.45) is 0. The predicted octanol–water partition coefficient (Wildman–Crippen LogP) is 4.10. The topological polar surface area (TPSA) is 42.2 Å². The molecule has 0 spiro atoms. The van der Waals surface area contributed by atoms with Gasteiger partial charge in [0.1, 0.15) is 0 Å². The second kappa shape index (κ2) is 5.70. The molecule has 1 heterocycles. The number of fused-ring (bicyclic) bond motifs is 1. The Morgan fingerprint density at radius 2 is 1.85 bits per heavy atom. The van der Waals surface area contributed by atoms with Crippen LogP contribution in [-0.4, -0.2) is 18.1 Å². The van der Waals surface area contributed by atoms with Gasteiger partial charge in [-0.3, -0.25) is 4.98 Å². The van der Waals surface area contributed by atoms with Gasteiger partial charge >= 0.3 is 0 Å². The predicted molar refractivity (Wildman–Crippen MR) is 88.5 cm³/mol. The zero-order valence-corrected chi connectivity index (χ0v) is 13.2. The van der Waals surface area contributed by atoms with E-state index in [1.165, 1.54) is 11.3 Å². The molecule has 0 aliphatic rings. The van der Waals surface area contributed by atoms with E-state index in [0.29, 0.717) is 5.92 Å². The molecular formula is C17H25N3. The Bertz CT molecular complexity index is 613. The summed E-state index contributed by atoms with van der Waals surface area (Å²) in [4.78, 5) is 7.04. The Kier molecular flexibility index (Phi) is 4.17. The molecule has 0 saturated heterocycles. The van der Waals surface area contributed by atoms with E-state index in [9.17, 15) is 0 Å². The largest absolute Gasteiger partial charge is 0.398 e. The highest BCUT2D eigenvalue weighted by Gasteiger charge is 2.14. The van der Waals surface area contributed by atoms with E-state index in [1.54, 1.807) is 0 Å².